The molecule has 6 nitrogen and oxygen atoms in total. The summed E-state index contributed by atoms with van der Waals surface area (Å²) in [6, 6.07) is 22.7. The van der Waals surface area contributed by atoms with E-state index >= 15 is 0 Å². The average molecular weight is 492 g/mol. The summed E-state index contributed by atoms with van der Waals surface area (Å²) in [5, 5.41) is 2.20. The molecule has 0 saturated carbocycles. The molecule has 5 rings (SSSR count). The van der Waals surface area contributed by atoms with E-state index in [1.807, 2.05) is 48.0 Å². The van der Waals surface area contributed by atoms with Gasteiger partial charge in [-0.3, -0.25) is 9.52 Å². The lowest BCUT2D eigenvalue weighted by atomic mass is 10.1. The van der Waals surface area contributed by atoms with Crippen LogP contribution in [0.1, 0.15) is 10.4 Å². The third kappa shape index (κ3) is 4.11. The fraction of sp³-hybridized carbons (Fsp3) is 0.0400. The quantitative estimate of drug-likeness (QED) is 0.381. The van der Waals surface area contributed by atoms with E-state index in [-0.39, 0.29) is 16.1 Å². The van der Waals surface area contributed by atoms with Gasteiger partial charge in [0.1, 0.15) is 5.82 Å². The normalized spacial score (nSPS) is 12.4. The Kier molecular flexibility index (Phi) is 5.51. The second kappa shape index (κ2) is 8.51. The number of hydrogen-bond donors (Lipinski definition) is 1. The van der Waals surface area contributed by atoms with Crippen molar-refractivity contribution in [2.75, 3.05) is 4.72 Å². The lowest BCUT2D eigenvalue weighted by Crippen LogP contribution is -2.14. The number of fused-ring (bicyclic) bond motifs is 3. The number of nitrogens with zero attached hydrogens (tertiary/aromatic N) is 2. The van der Waals surface area contributed by atoms with Crippen LogP contribution in [0.2, 0.25) is 0 Å². The van der Waals surface area contributed by atoms with Crippen molar-refractivity contribution in [1.29, 1.82) is 0 Å². The van der Waals surface area contributed by atoms with Gasteiger partial charge in [0, 0.05) is 23.7 Å². The summed E-state index contributed by atoms with van der Waals surface area (Å²) in [4.78, 5) is 17.7. The fourth-order valence-electron chi connectivity index (χ4n) is 3.66. The van der Waals surface area contributed by atoms with Gasteiger partial charge in [0.25, 0.3) is 15.9 Å². The molecule has 4 aromatic carbocycles. The van der Waals surface area contributed by atoms with Gasteiger partial charge in [-0.05, 0) is 53.9 Å². The van der Waals surface area contributed by atoms with E-state index in [9.17, 15) is 17.6 Å². The highest BCUT2D eigenvalue weighted by atomic mass is 32.2. The summed E-state index contributed by atoms with van der Waals surface area (Å²) in [5.41, 5.74) is 1.41. The van der Waals surface area contributed by atoms with Crippen LogP contribution in [-0.4, -0.2) is 18.9 Å². The van der Waals surface area contributed by atoms with E-state index in [0.717, 1.165) is 33.1 Å². The Bertz CT molecular complexity index is 1740. The predicted molar refractivity (Wildman–Crippen MR) is 132 cm³/mol. The Morgan fingerprint density at radius 3 is 2.53 bits per heavy atom. The monoisotopic (exact) mass is 491 g/mol. The molecule has 5 aromatic rings. The summed E-state index contributed by atoms with van der Waals surface area (Å²) in [5.74, 6) is -1.02. The first-order valence-electron chi connectivity index (χ1n) is 10.3. The first-order valence-corrected chi connectivity index (χ1v) is 12.6. The van der Waals surface area contributed by atoms with Crippen LogP contribution in [0.25, 0.3) is 21.0 Å². The van der Waals surface area contributed by atoms with Gasteiger partial charge in [0.05, 0.1) is 15.1 Å². The zero-order valence-electron chi connectivity index (χ0n) is 17.9. The van der Waals surface area contributed by atoms with E-state index in [1.54, 1.807) is 12.1 Å². The number of sulfonamides is 1. The molecule has 0 atom stereocenters. The maximum Gasteiger partial charge on any atom is 0.279 e. The maximum atomic E-state index is 13.1. The standard InChI is InChI=1S/C25H18FN3O3S2/c1-29-22-14-9-16-5-2-3-8-21(16)23(22)33-25(29)27-24(30)17-6-4-7-19(15-17)28-34(31,32)20-12-10-18(26)11-13-20/h2-15,28H,1H3. The number of benzene rings is 4. The summed E-state index contributed by atoms with van der Waals surface area (Å²) in [7, 11) is -2.08. The molecule has 34 heavy (non-hydrogen) atoms. The number of aryl methyl sites for hydroxylation is 1. The van der Waals surface area contributed by atoms with Crippen LogP contribution in [0.3, 0.4) is 0 Å². The molecule has 170 valence electrons. The van der Waals surface area contributed by atoms with Crippen molar-refractivity contribution in [1.82, 2.24) is 4.57 Å². The smallest absolute Gasteiger partial charge is 0.279 e. The van der Waals surface area contributed by atoms with E-state index in [1.165, 1.54) is 35.6 Å². The van der Waals surface area contributed by atoms with E-state index in [2.05, 4.69) is 9.71 Å². The largest absolute Gasteiger partial charge is 0.319 e. The molecule has 1 heterocycles. The van der Waals surface area contributed by atoms with Crippen LogP contribution in [0, 0.1) is 5.82 Å². The fourth-order valence-corrected chi connectivity index (χ4v) is 5.86. The van der Waals surface area contributed by atoms with Crippen molar-refractivity contribution in [3.8, 4) is 0 Å². The Labute approximate surface area is 198 Å². The second-order valence-electron chi connectivity index (χ2n) is 7.64. The number of aromatic nitrogens is 1. The molecule has 0 saturated heterocycles. The van der Waals surface area contributed by atoms with Crippen molar-refractivity contribution in [2.24, 2.45) is 12.0 Å². The van der Waals surface area contributed by atoms with Crippen LogP contribution in [0.5, 0.6) is 0 Å². The lowest BCUT2D eigenvalue weighted by molar-refractivity contribution is 0.0998. The number of anilines is 1. The summed E-state index contributed by atoms with van der Waals surface area (Å²) in [6.45, 7) is 0. The number of rotatable bonds is 4. The average Bonchev–Trinajstić information content (AvgIpc) is 3.15. The predicted octanol–water partition coefficient (Wildman–Crippen LogP) is 5.07. The minimum absolute atomic E-state index is 0.0835. The van der Waals surface area contributed by atoms with Crippen molar-refractivity contribution in [2.45, 2.75) is 4.90 Å². The SMILES string of the molecule is Cn1c(=NC(=O)c2cccc(NS(=O)(=O)c3ccc(F)cc3)c2)sc2c3ccccc3ccc21. The first kappa shape index (κ1) is 22.0. The molecule has 0 unspecified atom stereocenters. The van der Waals surface area contributed by atoms with Crippen LogP contribution in [-0.2, 0) is 17.1 Å². The van der Waals surface area contributed by atoms with E-state index in [0.29, 0.717) is 4.80 Å². The van der Waals surface area contributed by atoms with Crippen LogP contribution >= 0.6 is 11.3 Å². The minimum Gasteiger partial charge on any atom is -0.319 e. The van der Waals surface area contributed by atoms with Crippen LogP contribution in [0.4, 0.5) is 10.1 Å². The molecule has 0 aliphatic carbocycles. The van der Waals surface area contributed by atoms with Gasteiger partial charge in [-0.1, -0.05) is 47.7 Å². The van der Waals surface area contributed by atoms with Gasteiger partial charge in [0.15, 0.2) is 4.80 Å². The molecule has 0 radical (unpaired) electrons. The molecule has 0 bridgehead atoms. The highest BCUT2D eigenvalue weighted by Gasteiger charge is 2.16. The number of hydrogen-bond acceptors (Lipinski definition) is 4. The highest BCUT2D eigenvalue weighted by molar-refractivity contribution is 7.92. The molecule has 1 amide bonds. The van der Waals surface area contributed by atoms with Crippen LogP contribution < -0.4 is 9.52 Å². The molecule has 0 fully saturated rings. The lowest BCUT2D eigenvalue weighted by Gasteiger charge is -2.08. The van der Waals surface area contributed by atoms with Gasteiger partial charge in [-0.15, -0.1) is 0 Å². The van der Waals surface area contributed by atoms with Crippen molar-refractivity contribution in [3.63, 3.8) is 0 Å². The van der Waals surface area contributed by atoms with E-state index in [4.69, 9.17) is 0 Å². The third-order valence-corrected chi connectivity index (χ3v) is 7.96. The zero-order chi connectivity index (χ0) is 23.9. The number of halogens is 1. The summed E-state index contributed by atoms with van der Waals surface area (Å²) < 4.78 is 43.6. The number of carbonyl (C=O) groups is 1. The molecule has 0 spiro atoms. The number of thiazole rings is 1. The summed E-state index contributed by atoms with van der Waals surface area (Å²) in [6.07, 6.45) is 0. The Hall–Kier alpha value is -3.82. The number of nitrogens with one attached hydrogen (secondary N) is 1. The highest BCUT2D eigenvalue weighted by Crippen LogP contribution is 2.27. The molecular weight excluding hydrogens is 473 g/mol. The van der Waals surface area contributed by atoms with Crippen molar-refractivity contribution in [3.05, 3.63) is 101 Å². The van der Waals surface area contributed by atoms with Crippen LogP contribution in [0.15, 0.2) is 94.8 Å². The zero-order valence-corrected chi connectivity index (χ0v) is 19.5. The molecule has 0 aliphatic heterocycles. The Morgan fingerprint density at radius 2 is 1.74 bits per heavy atom. The summed E-state index contributed by atoms with van der Waals surface area (Å²) >= 11 is 1.42. The Balaban J connectivity index is 1.48. The van der Waals surface area contributed by atoms with E-state index < -0.39 is 21.7 Å². The minimum atomic E-state index is -3.94. The van der Waals surface area contributed by atoms with Gasteiger partial charge in [-0.25, -0.2) is 12.8 Å². The van der Waals surface area contributed by atoms with Crippen molar-refractivity contribution >= 4 is 53.9 Å². The molecular formula is C25H18FN3O3S2. The molecule has 9 heteroatoms. The second-order valence-corrected chi connectivity index (χ2v) is 10.3. The van der Waals surface area contributed by atoms with Gasteiger partial charge < -0.3 is 4.57 Å². The van der Waals surface area contributed by atoms with Gasteiger partial charge in [0.2, 0.25) is 0 Å². The van der Waals surface area contributed by atoms with Gasteiger partial charge >= 0.3 is 0 Å². The Morgan fingerprint density at radius 1 is 0.971 bits per heavy atom. The van der Waals surface area contributed by atoms with Gasteiger partial charge in [-0.2, -0.15) is 4.99 Å². The number of carbonyl (C=O) groups excluding carboxylic acids is 1. The van der Waals surface area contributed by atoms with Crippen molar-refractivity contribution < 1.29 is 17.6 Å². The first-order chi connectivity index (χ1) is 16.3. The molecule has 1 aromatic heterocycles. The number of amides is 1. The third-order valence-electron chi connectivity index (χ3n) is 5.38. The molecule has 1 N–H and O–H groups in total. The topological polar surface area (TPSA) is 80.5 Å². The maximum absolute atomic E-state index is 13.1. The molecule has 0 aliphatic rings.